The lowest BCUT2D eigenvalue weighted by Gasteiger charge is -2.35. The third kappa shape index (κ3) is 4.19. The van der Waals surface area contributed by atoms with Gasteiger partial charge in [-0.05, 0) is 12.8 Å². The van der Waals surface area contributed by atoms with Crippen LogP contribution < -0.4 is 5.32 Å². The SMILES string of the molecule is O=C(NCCc1cnccn1)N1CCN(C(=O)C2CCCO2)CC1. The van der Waals surface area contributed by atoms with Gasteiger partial charge in [0.15, 0.2) is 0 Å². The number of nitrogens with zero attached hydrogens (tertiary/aromatic N) is 4. The Hall–Kier alpha value is -2.22. The van der Waals surface area contributed by atoms with Crippen LogP contribution >= 0.6 is 0 Å². The summed E-state index contributed by atoms with van der Waals surface area (Å²) in [5.74, 6) is 0.0650. The van der Waals surface area contributed by atoms with Crippen LogP contribution in [0, 0.1) is 0 Å². The second-order valence-corrected chi connectivity index (χ2v) is 5.99. The standard InChI is InChI=1S/C16H23N5O3/c22-15(14-2-1-11-24-14)20-7-9-21(10-8-20)16(23)19-4-3-13-12-17-5-6-18-13/h5-6,12,14H,1-4,7-11H2,(H,19,23). The van der Waals surface area contributed by atoms with Gasteiger partial charge in [-0.15, -0.1) is 0 Å². The van der Waals surface area contributed by atoms with Gasteiger partial charge in [0.2, 0.25) is 0 Å². The van der Waals surface area contributed by atoms with Crippen LogP contribution in [-0.2, 0) is 16.0 Å². The fraction of sp³-hybridized carbons (Fsp3) is 0.625. The number of rotatable bonds is 4. The van der Waals surface area contributed by atoms with Crippen molar-refractivity contribution in [1.29, 1.82) is 0 Å². The molecule has 8 nitrogen and oxygen atoms in total. The largest absolute Gasteiger partial charge is 0.368 e. The van der Waals surface area contributed by atoms with E-state index in [0.29, 0.717) is 45.8 Å². The van der Waals surface area contributed by atoms with Crippen molar-refractivity contribution in [2.75, 3.05) is 39.3 Å². The van der Waals surface area contributed by atoms with Crippen molar-refractivity contribution in [2.24, 2.45) is 0 Å². The summed E-state index contributed by atoms with van der Waals surface area (Å²) >= 11 is 0. The van der Waals surface area contributed by atoms with Crippen molar-refractivity contribution in [3.05, 3.63) is 24.3 Å². The minimum Gasteiger partial charge on any atom is -0.368 e. The van der Waals surface area contributed by atoms with Crippen LogP contribution in [0.5, 0.6) is 0 Å². The average molecular weight is 333 g/mol. The lowest BCUT2D eigenvalue weighted by molar-refractivity contribution is -0.142. The van der Waals surface area contributed by atoms with E-state index in [1.807, 2.05) is 0 Å². The number of amides is 3. The fourth-order valence-electron chi connectivity index (χ4n) is 2.97. The predicted octanol–water partition coefficient (Wildman–Crippen LogP) is 0.0519. The molecule has 2 aliphatic rings. The molecule has 1 aromatic rings. The zero-order chi connectivity index (χ0) is 16.8. The molecule has 24 heavy (non-hydrogen) atoms. The van der Waals surface area contributed by atoms with Gasteiger partial charge in [0.05, 0.1) is 5.69 Å². The molecule has 2 aliphatic heterocycles. The molecule has 0 bridgehead atoms. The van der Waals surface area contributed by atoms with Crippen molar-refractivity contribution in [1.82, 2.24) is 25.1 Å². The van der Waals surface area contributed by atoms with Gasteiger partial charge in [-0.25, -0.2) is 4.79 Å². The second-order valence-electron chi connectivity index (χ2n) is 5.99. The summed E-state index contributed by atoms with van der Waals surface area (Å²) < 4.78 is 5.44. The van der Waals surface area contributed by atoms with E-state index in [2.05, 4.69) is 15.3 Å². The minimum absolute atomic E-state index is 0.0650. The highest BCUT2D eigenvalue weighted by Crippen LogP contribution is 2.16. The summed E-state index contributed by atoms with van der Waals surface area (Å²) in [6.45, 7) is 3.43. The molecule has 0 saturated carbocycles. The van der Waals surface area contributed by atoms with Gasteiger partial charge < -0.3 is 19.9 Å². The summed E-state index contributed by atoms with van der Waals surface area (Å²) in [4.78, 5) is 36.2. The van der Waals surface area contributed by atoms with E-state index in [9.17, 15) is 9.59 Å². The van der Waals surface area contributed by atoms with Gasteiger partial charge in [-0.3, -0.25) is 14.8 Å². The molecule has 0 aliphatic carbocycles. The van der Waals surface area contributed by atoms with Crippen LogP contribution in [0.3, 0.4) is 0 Å². The Morgan fingerprint density at radius 2 is 2.00 bits per heavy atom. The summed E-state index contributed by atoms with van der Waals surface area (Å²) in [6, 6.07) is -0.0943. The number of ether oxygens (including phenoxy) is 1. The number of carbonyl (C=O) groups is 2. The molecule has 1 N–H and O–H groups in total. The number of nitrogens with one attached hydrogen (secondary N) is 1. The lowest BCUT2D eigenvalue weighted by Crippen LogP contribution is -2.55. The molecule has 0 spiro atoms. The van der Waals surface area contributed by atoms with E-state index in [4.69, 9.17) is 4.74 Å². The maximum Gasteiger partial charge on any atom is 0.317 e. The number of hydrogen-bond donors (Lipinski definition) is 1. The number of piperazine rings is 1. The van der Waals surface area contributed by atoms with E-state index in [-0.39, 0.29) is 18.0 Å². The molecule has 1 aromatic heterocycles. The molecule has 2 saturated heterocycles. The third-order valence-corrected chi connectivity index (χ3v) is 4.36. The van der Waals surface area contributed by atoms with Crippen molar-refractivity contribution in [3.8, 4) is 0 Å². The van der Waals surface area contributed by atoms with Crippen molar-refractivity contribution >= 4 is 11.9 Å². The molecule has 3 rings (SSSR count). The smallest absolute Gasteiger partial charge is 0.317 e. The van der Waals surface area contributed by atoms with Gasteiger partial charge >= 0.3 is 6.03 Å². The minimum atomic E-state index is -0.280. The first kappa shape index (κ1) is 16.6. The molecule has 0 aromatic carbocycles. The van der Waals surface area contributed by atoms with E-state index in [1.54, 1.807) is 28.4 Å². The van der Waals surface area contributed by atoms with Gasteiger partial charge in [0.25, 0.3) is 5.91 Å². The molecule has 3 amide bonds. The normalized spacial score (nSPS) is 20.9. The molecule has 130 valence electrons. The number of aromatic nitrogens is 2. The fourth-order valence-corrected chi connectivity index (χ4v) is 2.97. The molecule has 1 unspecified atom stereocenters. The molecule has 8 heteroatoms. The Morgan fingerprint density at radius 1 is 1.21 bits per heavy atom. The maximum atomic E-state index is 12.3. The molecular weight excluding hydrogens is 310 g/mol. The van der Waals surface area contributed by atoms with Crippen molar-refractivity contribution < 1.29 is 14.3 Å². The Labute approximate surface area is 141 Å². The van der Waals surface area contributed by atoms with E-state index < -0.39 is 0 Å². The lowest BCUT2D eigenvalue weighted by atomic mass is 10.2. The highest BCUT2D eigenvalue weighted by Gasteiger charge is 2.31. The van der Waals surface area contributed by atoms with Gasteiger partial charge in [0.1, 0.15) is 6.10 Å². The molecule has 1 atom stereocenters. The van der Waals surface area contributed by atoms with E-state index >= 15 is 0 Å². The zero-order valence-electron chi connectivity index (χ0n) is 13.7. The maximum absolute atomic E-state index is 12.3. The number of urea groups is 1. The summed E-state index contributed by atoms with van der Waals surface area (Å²) in [7, 11) is 0. The Balaban J connectivity index is 1.38. The van der Waals surface area contributed by atoms with Gasteiger partial charge in [-0.1, -0.05) is 0 Å². The van der Waals surface area contributed by atoms with E-state index in [0.717, 1.165) is 18.5 Å². The molecule has 3 heterocycles. The van der Waals surface area contributed by atoms with Crippen molar-refractivity contribution in [3.63, 3.8) is 0 Å². The summed E-state index contributed by atoms with van der Waals surface area (Å²) in [5.41, 5.74) is 0.852. The summed E-state index contributed by atoms with van der Waals surface area (Å²) in [5, 5.41) is 2.89. The first-order chi connectivity index (χ1) is 11.7. The third-order valence-electron chi connectivity index (χ3n) is 4.36. The highest BCUT2D eigenvalue weighted by molar-refractivity contribution is 5.81. The van der Waals surface area contributed by atoms with Crippen LogP contribution in [0.2, 0.25) is 0 Å². The van der Waals surface area contributed by atoms with Crippen molar-refractivity contribution in [2.45, 2.75) is 25.4 Å². The first-order valence-electron chi connectivity index (χ1n) is 8.42. The highest BCUT2D eigenvalue weighted by atomic mass is 16.5. The van der Waals surface area contributed by atoms with Crippen LogP contribution in [0.4, 0.5) is 4.79 Å². The Kier molecular flexibility index (Phi) is 5.58. The predicted molar refractivity (Wildman–Crippen MR) is 86.3 cm³/mol. The Morgan fingerprint density at radius 3 is 2.67 bits per heavy atom. The zero-order valence-corrected chi connectivity index (χ0v) is 13.7. The first-order valence-corrected chi connectivity index (χ1v) is 8.42. The number of carbonyl (C=O) groups excluding carboxylic acids is 2. The monoisotopic (exact) mass is 333 g/mol. The summed E-state index contributed by atoms with van der Waals surface area (Å²) in [6.07, 6.45) is 7.09. The van der Waals surface area contributed by atoms with Gasteiger partial charge in [-0.2, -0.15) is 0 Å². The van der Waals surface area contributed by atoms with Gasteiger partial charge in [0, 0.05) is 64.3 Å². The van der Waals surface area contributed by atoms with E-state index in [1.165, 1.54) is 0 Å². The average Bonchev–Trinajstić information content (AvgIpc) is 3.17. The quantitative estimate of drug-likeness (QED) is 0.841. The molecule has 2 fully saturated rings. The van der Waals surface area contributed by atoms with Crippen LogP contribution in [0.25, 0.3) is 0 Å². The molecule has 0 radical (unpaired) electrons. The number of hydrogen-bond acceptors (Lipinski definition) is 5. The molecular formula is C16H23N5O3. The topological polar surface area (TPSA) is 87.7 Å². The van der Waals surface area contributed by atoms with Crippen LogP contribution in [0.1, 0.15) is 18.5 Å². The van der Waals surface area contributed by atoms with Crippen LogP contribution in [0.15, 0.2) is 18.6 Å². The Bertz CT molecular complexity index is 554. The van der Waals surface area contributed by atoms with Crippen LogP contribution in [-0.4, -0.2) is 77.1 Å². The second kappa shape index (κ2) is 8.05.